The highest BCUT2D eigenvalue weighted by atomic mass is 32.2. The second-order valence-corrected chi connectivity index (χ2v) is 12.6. The Morgan fingerprint density at radius 2 is 1.60 bits per heavy atom. The highest BCUT2D eigenvalue weighted by molar-refractivity contribution is 7.88. The first-order valence-corrected chi connectivity index (χ1v) is 16.1. The van der Waals surface area contributed by atoms with Gasteiger partial charge in [0.2, 0.25) is 27.7 Å². The molecule has 0 aliphatic carbocycles. The molecule has 0 fully saturated rings. The van der Waals surface area contributed by atoms with Crippen molar-refractivity contribution in [1.29, 1.82) is 5.41 Å². The maximum Gasteiger partial charge on any atom is 0.335 e. The lowest BCUT2D eigenvalue weighted by atomic mass is 10.0. The van der Waals surface area contributed by atoms with Gasteiger partial charge in [-0.2, -0.15) is 0 Å². The van der Waals surface area contributed by atoms with Gasteiger partial charge in [-0.15, -0.1) is 0 Å². The standard InChI is InChI=1S/C32H35N7O7S/c33-28(40)13-12-26(30(41)37-16-19-8-10-21(11-9-19)29(34)35)38-31(42)27(15-23-17-36-25-7-2-1-6-24(23)25)39-47(45,46)18-20-4-3-5-22(14-20)32(43)44/h1-11,14,17,26-27,36,39H,12-13,15-16,18H2,(H2,33,40)(H3,34,35)(H,37,41)(H,38,42)(H,43,44)/t26-,27+/m0/s1. The number of amidine groups is 1. The van der Waals surface area contributed by atoms with Crippen LogP contribution in [-0.4, -0.2) is 60.1 Å². The summed E-state index contributed by atoms with van der Waals surface area (Å²) in [5.41, 5.74) is 13.5. The monoisotopic (exact) mass is 661 g/mol. The average molecular weight is 662 g/mol. The van der Waals surface area contributed by atoms with Gasteiger partial charge in [-0.05, 0) is 47.7 Å². The molecule has 10 N–H and O–H groups in total. The Hall–Kier alpha value is -5.54. The average Bonchev–Trinajstić information content (AvgIpc) is 3.43. The minimum absolute atomic E-state index is 0.0563. The predicted octanol–water partition coefficient (Wildman–Crippen LogP) is 1.25. The van der Waals surface area contributed by atoms with Crippen molar-refractivity contribution in [3.63, 3.8) is 0 Å². The summed E-state index contributed by atoms with van der Waals surface area (Å²) < 4.78 is 29.1. The van der Waals surface area contributed by atoms with Crippen molar-refractivity contribution in [3.05, 3.63) is 107 Å². The largest absolute Gasteiger partial charge is 0.478 e. The number of primary amides is 1. The van der Waals surface area contributed by atoms with Crippen molar-refractivity contribution in [2.24, 2.45) is 11.5 Å². The van der Waals surface area contributed by atoms with Crippen molar-refractivity contribution in [2.45, 2.75) is 43.6 Å². The molecular formula is C32H35N7O7S. The fourth-order valence-electron chi connectivity index (χ4n) is 4.92. The van der Waals surface area contributed by atoms with Crippen LogP contribution in [0.5, 0.6) is 0 Å². The molecule has 0 unspecified atom stereocenters. The van der Waals surface area contributed by atoms with Gasteiger partial charge in [-0.3, -0.25) is 19.8 Å². The number of carboxylic acid groups (broad SMARTS) is 1. The Morgan fingerprint density at radius 1 is 0.872 bits per heavy atom. The van der Waals surface area contributed by atoms with Crippen LogP contribution in [0, 0.1) is 5.41 Å². The van der Waals surface area contributed by atoms with E-state index < -0.39 is 51.6 Å². The van der Waals surface area contributed by atoms with Gasteiger partial charge in [0.25, 0.3) is 0 Å². The van der Waals surface area contributed by atoms with Gasteiger partial charge in [0, 0.05) is 35.6 Å². The van der Waals surface area contributed by atoms with Crippen LogP contribution in [0.3, 0.4) is 0 Å². The third-order valence-electron chi connectivity index (χ3n) is 7.31. The Morgan fingerprint density at radius 3 is 2.28 bits per heavy atom. The summed E-state index contributed by atoms with van der Waals surface area (Å²) in [4.78, 5) is 53.1. The summed E-state index contributed by atoms with van der Waals surface area (Å²) in [6.45, 7) is 0.0563. The fourth-order valence-corrected chi connectivity index (χ4v) is 6.25. The zero-order valence-corrected chi connectivity index (χ0v) is 26.0. The number of carbonyl (C=O) groups excluding carboxylic acids is 3. The number of carbonyl (C=O) groups is 4. The lowest BCUT2D eigenvalue weighted by Crippen LogP contribution is -2.54. The van der Waals surface area contributed by atoms with Crippen LogP contribution < -0.4 is 26.8 Å². The number of aromatic amines is 1. The molecule has 4 rings (SSSR count). The minimum atomic E-state index is -4.23. The molecule has 15 heteroatoms. The molecule has 3 aromatic carbocycles. The summed E-state index contributed by atoms with van der Waals surface area (Å²) in [6, 6.07) is 16.6. The van der Waals surface area contributed by atoms with E-state index in [0.717, 1.165) is 10.9 Å². The second kappa shape index (κ2) is 15.2. The van der Waals surface area contributed by atoms with Crippen molar-refractivity contribution >= 4 is 50.5 Å². The fraction of sp³-hybridized carbons (Fsp3) is 0.219. The molecule has 0 spiro atoms. The first-order chi connectivity index (χ1) is 22.3. The summed E-state index contributed by atoms with van der Waals surface area (Å²) in [5.74, 6) is -4.09. The number of H-pyrrole nitrogens is 1. The van der Waals surface area contributed by atoms with Crippen LogP contribution >= 0.6 is 0 Å². The predicted molar refractivity (Wildman–Crippen MR) is 175 cm³/mol. The van der Waals surface area contributed by atoms with Gasteiger partial charge in [0.05, 0.1) is 11.3 Å². The number of benzene rings is 3. The summed E-state index contributed by atoms with van der Waals surface area (Å²) in [7, 11) is -4.23. The van der Waals surface area contributed by atoms with E-state index in [4.69, 9.17) is 16.9 Å². The molecule has 0 saturated heterocycles. The zero-order valence-electron chi connectivity index (χ0n) is 25.2. The number of hydrogen-bond acceptors (Lipinski definition) is 7. The number of aromatic carboxylic acids is 1. The van der Waals surface area contributed by atoms with Crippen LogP contribution in [0.2, 0.25) is 0 Å². The van der Waals surface area contributed by atoms with Gasteiger partial charge < -0.3 is 32.2 Å². The summed E-state index contributed by atoms with van der Waals surface area (Å²) >= 11 is 0. The Kier molecular flexibility index (Phi) is 11.1. The van der Waals surface area contributed by atoms with Gasteiger partial charge in [-0.25, -0.2) is 17.9 Å². The molecule has 0 aliphatic heterocycles. The third kappa shape index (κ3) is 9.72. The van der Waals surface area contributed by atoms with Crippen LogP contribution in [0.4, 0.5) is 0 Å². The van der Waals surface area contributed by atoms with Gasteiger partial charge in [-0.1, -0.05) is 54.6 Å². The lowest BCUT2D eigenvalue weighted by molar-refractivity contribution is -0.130. The number of sulfonamides is 1. The van der Waals surface area contributed by atoms with E-state index in [1.807, 2.05) is 18.2 Å². The molecule has 47 heavy (non-hydrogen) atoms. The number of nitrogens with two attached hydrogens (primary N) is 2. The van der Waals surface area contributed by atoms with Crippen LogP contribution in [0.1, 0.15) is 45.5 Å². The highest BCUT2D eigenvalue weighted by Gasteiger charge is 2.30. The first-order valence-electron chi connectivity index (χ1n) is 14.5. The minimum Gasteiger partial charge on any atom is -0.478 e. The van der Waals surface area contributed by atoms with Gasteiger partial charge in [0.1, 0.15) is 17.9 Å². The van der Waals surface area contributed by atoms with Crippen LogP contribution in [0.25, 0.3) is 10.9 Å². The molecule has 2 atom stereocenters. The van der Waals surface area contributed by atoms with E-state index in [-0.39, 0.29) is 42.8 Å². The molecule has 1 heterocycles. The lowest BCUT2D eigenvalue weighted by Gasteiger charge is -2.23. The Labute approximate surface area is 270 Å². The van der Waals surface area contributed by atoms with E-state index in [2.05, 4.69) is 20.3 Å². The van der Waals surface area contributed by atoms with E-state index in [1.54, 1.807) is 36.5 Å². The molecule has 0 bridgehead atoms. The second-order valence-electron chi connectivity index (χ2n) is 10.9. The van der Waals surface area contributed by atoms with E-state index in [9.17, 15) is 32.7 Å². The van der Waals surface area contributed by atoms with Crippen molar-refractivity contribution in [2.75, 3.05) is 0 Å². The molecule has 14 nitrogen and oxygen atoms in total. The zero-order chi connectivity index (χ0) is 34.1. The molecule has 4 aromatic rings. The molecule has 0 aliphatic rings. The molecule has 1 aromatic heterocycles. The Balaban J connectivity index is 1.56. The van der Waals surface area contributed by atoms with Gasteiger partial charge >= 0.3 is 5.97 Å². The van der Waals surface area contributed by atoms with Crippen molar-refractivity contribution in [3.8, 4) is 0 Å². The molecule has 3 amide bonds. The van der Waals surface area contributed by atoms with E-state index >= 15 is 0 Å². The van der Waals surface area contributed by atoms with Crippen molar-refractivity contribution < 1.29 is 32.7 Å². The maximum absolute atomic E-state index is 13.8. The quantitative estimate of drug-likeness (QED) is 0.0639. The van der Waals surface area contributed by atoms with E-state index in [1.165, 1.54) is 24.3 Å². The SMILES string of the molecule is N=C(N)c1ccc(CNC(=O)[C@H](CCC(N)=O)NC(=O)[C@@H](Cc2c[nH]c3ccccc23)NS(=O)(=O)Cc2cccc(C(=O)O)c2)cc1. The number of aromatic nitrogens is 1. The first kappa shape index (κ1) is 34.3. The number of carboxylic acids is 1. The third-order valence-corrected chi connectivity index (χ3v) is 8.67. The number of rotatable bonds is 16. The maximum atomic E-state index is 13.8. The summed E-state index contributed by atoms with van der Waals surface area (Å²) in [5, 5.41) is 22.9. The van der Waals surface area contributed by atoms with Crippen LogP contribution in [0.15, 0.2) is 79.0 Å². The van der Waals surface area contributed by atoms with E-state index in [0.29, 0.717) is 16.7 Å². The molecule has 0 saturated carbocycles. The normalized spacial score (nSPS) is 12.6. The Bertz CT molecular complexity index is 1910. The topological polar surface area (TPSA) is 250 Å². The summed E-state index contributed by atoms with van der Waals surface area (Å²) in [6.07, 6.45) is 1.18. The number of nitrogens with one attached hydrogen (secondary N) is 5. The highest BCUT2D eigenvalue weighted by Crippen LogP contribution is 2.20. The smallest absolute Gasteiger partial charge is 0.335 e. The molecule has 0 radical (unpaired) electrons. The number of nitrogen functional groups attached to an aromatic ring is 1. The number of amides is 3. The van der Waals surface area contributed by atoms with Gasteiger partial charge in [0.15, 0.2) is 0 Å². The van der Waals surface area contributed by atoms with Crippen molar-refractivity contribution in [1.82, 2.24) is 20.3 Å². The molecular weight excluding hydrogens is 626 g/mol. The number of para-hydroxylation sites is 1. The van der Waals surface area contributed by atoms with Crippen LogP contribution in [-0.2, 0) is 43.1 Å². The number of fused-ring (bicyclic) bond motifs is 1. The molecule has 246 valence electrons. The number of hydrogen-bond donors (Lipinski definition) is 8.